The number of aryl methyl sites for hydroxylation is 1. The Labute approximate surface area is 231 Å². The lowest BCUT2D eigenvalue weighted by atomic mass is 9.93. The van der Waals surface area contributed by atoms with Crippen LogP contribution in [-0.2, 0) is 25.6 Å². The van der Waals surface area contributed by atoms with Crippen molar-refractivity contribution in [3.05, 3.63) is 126 Å². The fraction of sp³-hybridized carbons (Fsp3) is 0.212. The second kappa shape index (κ2) is 9.13. The van der Waals surface area contributed by atoms with Crippen molar-refractivity contribution in [2.75, 3.05) is 0 Å². The quantitative estimate of drug-likeness (QED) is 0.212. The van der Waals surface area contributed by atoms with Crippen LogP contribution in [0.2, 0.25) is 19.6 Å². The molecule has 1 fully saturated rings. The van der Waals surface area contributed by atoms with Crippen LogP contribution in [0.3, 0.4) is 0 Å². The molecule has 0 aromatic heterocycles. The molecule has 1 N–H and O–H groups in total. The van der Waals surface area contributed by atoms with Gasteiger partial charge in [-0.2, -0.15) is 4.72 Å². The summed E-state index contributed by atoms with van der Waals surface area (Å²) in [7, 11) is -6.02. The van der Waals surface area contributed by atoms with E-state index >= 15 is 0 Å². The standard InChI is InChI=1S/C33H33NO3SSi/c1-24-13-19-31(20-14-24)38(35,36)34-32(29-17-15-25-9-5-7-11-27(25)21-29)23-33(32,37-39(2,3)4)30-18-16-26-10-6-8-12-28(26)22-30/h5-22,34H,23H2,1-4H3/t32-,33+/m1/s1. The van der Waals surface area contributed by atoms with Crippen LogP contribution in [0.4, 0.5) is 0 Å². The number of rotatable bonds is 7. The first-order chi connectivity index (χ1) is 18.5. The number of nitrogens with one attached hydrogen (secondary N) is 1. The van der Waals surface area contributed by atoms with Gasteiger partial charge in [-0.25, -0.2) is 8.42 Å². The fourth-order valence-electron chi connectivity index (χ4n) is 5.80. The summed E-state index contributed by atoms with van der Waals surface area (Å²) >= 11 is 0. The van der Waals surface area contributed by atoms with Crippen molar-refractivity contribution in [2.45, 2.75) is 49.0 Å². The SMILES string of the molecule is Cc1ccc(S(=O)(=O)N[C@@]2(c3ccc4ccccc4c3)C[C@]2(O[Si](C)(C)C)c2ccc3ccccc3c2)cc1. The van der Waals surface area contributed by atoms with E-state index in [0.717, 1.165) is 38.2 Å². The summed E-state index contributed by atoms with van der Waals surface area (Å²) in [4.78, 5) is 0.251. The summed E-state index contributed by atoms with van der Waals surface area (Å²) in [5, 5.41) is 4.42. The van der Waals surface area contributed by atoms with Crippen molar-refractivity contribution in [1.29, 1.82) is 0 Å². The van der Waals surface area contributed by atoms with Gasteiger partial charge >= 0.3 is 0 Å². The van der Waals surface area contributed by atoms with E-state index in [2.05, 4.69) is 85.0 Å². The topological polar surface area (TPSA) is 55.4 Å². The third-order valence-electron chi connectivity index (χ3n) is 7.66. The Balaban J connectivity index is 1.57. The normalized spacial score (nSPS) is 21.3. The van der Waals surface area contributed by atoms with Gasteiger partial charge in [0, 0.05) is 6.42 Å². The molecular formula is C33H33NO3SSi. The van der Waals surface area contributed by atoms with Crippen LogP contribution in [-0.4, -0.2) is 16.7 Å². The van der Waals surface area contributed by atoms with Gasteiger partial charge in [0.25, 0.3) is 0 Å². The summed E-state index contributed by atoms with van der Waals surface area (Å²) in [6.45, 7) is 8.43. The maximum absolute atomic E-state index is 14.0. The Bertz CT molecular complexity index is 1810. The predicted octanol–water partition coefficient (Wildman–Crippen LogP) is 7.63. The molecule has 0 aliphatic heterocycles. The molecule has 1 aliphatic rings. The third-order valence-corrected chi connectivity index (χ3v) is 10.1. The average Bonchev–Trinajstić information content (AvgIpc) is 3.54. The minimum atomic E-state index is -3.87. The van der Waals surface area contributed by atoms with E-state index in [1.807, 2.05) is 43.3 Å². The van der Waals surface area contributed by atoms with Crippen LogP contribution >= 0.6 is 0 Å². The lowest BCUT2D eigenvalue weighted by Gasteiger charge is -2.33. The second-order valence-corrected chi connectivity index (χ2v) is 17.8. The van der Waals surface area contributed by atoms with Crippen LogP contribution in [0.1, 0.15) is 23.1 Å². The Morgan fingerprint density at radius 3 is 1.77 bits per heavy atom. The molecule has 5 aromatic carbocycles. The Kier molecular flexibility index (Phi) is 6.08. The molecule has 1 saturated carbocycles. The van der Waals surface area contributed by atoms with Crippen molar-refractivity contribution in [3.8, 4) is 0 Å². The van der Waals surface area contributed by atoms with Crippen molar-refractivity contribution in [1.82, 2.24) is 4.72 Å². The van der Waals surface area contributed by atoms with Gasteiger partial charge in [0.1, 0.15) is 5.60 Å². The maximum Gasteiger partial charge on any atom is 0.241 e. The summed E-state index contributed by atoms with van der Waals surface area (Å²) in [6, 6.07) is 36.0. The van der Waals surface area contributed by atoms with Gasteiger partial charge in [-0.1, -0.05) is 90.5 Å². The molecule has 5 aromatic rings. The Morgan fingerprint density at radius 1 is 0.692 bits per heavy atom. The highest BCUT2D eigenvalue weighted by atomic mass is 32.2. The first kappa shape index (κ1) is 26.0. The number of hydrogen-bond acceptors (Lipinski definition) is 3. The molecule has 0 amide bonds. The van der Waals surface area contributed by atoms with Crippen molar-refractivity contribution < 1.29 is 12.8 Å². The van der Waals surface area contributed by atoms with Gasteiger partial charge in [-0.15, -0.1) is 0 Å². The molecule has 0 unspecified atom stereocenters. The third kappa shape index (κ3) is 4.61. The van der Waals surface area contributed by atoms with Gasteiger partial charge in [0.05, 0.1) is 10.4 Å². The van der Waals surface area contributed by atoms with E-state index in [9.17, 15) is 8.42 Å². The van der Waals surface area contributed by atoms with E-state index in [0.29, 0.717) is 6.42 Å². The second-order valence-electron chi connectivity index (χ2n) is 11.7. The molecule has 0 spiro atoms. The Hall–Kier alpha value is -3.29. The zero-order valence-electron chi connectivity index (χ0n) is 22.7. The van der Waals surface area contributed by atoms with Gasteiger partial charge in [0.15, 0.2) is 8.32 Å². The molecule has 39 heavy (non-hydrogen) atoms. The molecule has 6 rings (SSSR count). The van der Waals surface area contributed by atoms with Crippen molar-refractivity contribution in [2.24, 2.45) is 0 Å². The summed E-state index contributed by atoms with van der Waals surface area (Å²) < 4.78 is 38.2. The van der Waals surface area contributed by atoms with Crippen molar-refractivity contribution in [3.63, 3.8) is 0 Å². The zero-order chi connectivity index (χ0) is 27.5. The van der Waals surface area contributed by atoms with E-state index in [1.54, 1.807) is 12.1 Å². The zero-order valence-corrected chi connectivity index (χ0v) is 24.5. The molecule has 4 nitrogen and oxygen atoms in total. The van der Waals surface area contributed by atoms with E-state index in [4.69, 9.17) is 4.43 Å². The van der Waals surface area contributed by atoms with E-state index < -0.39 is 29.5 Å². The van der Waals surface area contributed by atoms with Crippen molar-refractivity contribution >= 4 is 39.9 Å². The van der Waals surface area contributed by atoms with Gasteiger partial charge < -0.3 is 4.43 Å². The van der Waals surface area contributed by atoms with Gasteiger partial charge in [0.2, 0.25) is 10.0 Å². The molecule has 2 atom stereocenters. The highest BCUT2D eigenvalue weighted by Crippen LogP contribution is 2.66. The minimum absolute atomic E-state index is 0.251. The molecule has 6 heteroatoms. The van der Waals surface area contributed by atoms with Gasteiger partial charge in [-0.3, -0.25) is 0 Å². The predicted molar refractivity (Wildman–Crippen MR) is 162 cm³/mol. The molecule has 198 valence electrons. The Morgan fingerprint density at radius 2 is 1.21 bits per heavy atom. The van der Waals surface area contributed by atoms with Crippen LogP contribution in [0.25, 0.3) is 21.5 Å². The summed E-state index contributed by atoms with van der Waals surface area (Å²) in [6.07, 6.45) is 0.506. The number of benzene rings is 5. The summed E-state index contributed by atoms with van der Waals surface area (Å²) in [5.74, 6) is 0. The number of hydrogen-bond donors (Lipinski definition) is 1. The summed E-state index contributed by atoms with van der Waals surface area (Å²) in [5.41, 5.74) is 1.09. The highest BCUT2D eigenvalue weighted by Gasteiger charge is 2.73. The lowest BCUT2D eigenvalue weighted by Crippen LogP contribution is -2.45. The van der Waals surface area contributed by atoms with E-state index in [-0.39, 0.29) is 4.90 Å². The molecule has 0 saturated heterocycles. The van der Waals surface area contributed by atoms with Crippen LogP contribution in [0.15, 0.2) is 114 Å². The monoisotopic (exact) mass is 551 g/mol. The molecule has 0 heterocycles. The molecule has 0 radical (unpaired) electrons. The maximum atomic E-state index is 14.0. The smallest absolute Gasteiger partial charge is 0.241 e. The first-order valence-electron chi connectivity index (χ1n) is 13.3. The average molecular weight is 552 g/mol. The van der Waals surface area contributed by atoms with Crippen LogP contribution in [0.5, 0.6) is 0 Å². The van der Waals surface area contributed by atoms with E-state index in [1.165, 1.54) is 0 Å². The minimum Gasteiger partial charge on any atom is -0.406 e. The lowest BCUT2D eigenvalue weighted by molar-refractivity contribution is 0.137. The van der Waals surface area contributed by atoms with Crippen LogP contribution < -0.4 is 4.72 Å². The molecule has 1 aliphatic carbocycles. The highest BCUT2D eigenvalue weighted by molar-refractivity contribution is 7.89. The largest absolute Gasteiger partial charge is 0.406 e. The molecular weight excluding hydrogens is 519 g/mol. The number of fused-ring (bicyclic) bond motifs is 2. The number of sulfonamides is 1. The molecule has 0 bridgehead atoms. The van der Waals surface area contributed by atoms with Gasteiger partial charge in [-0.05, 0) is 83.5 Å². The fourth-order valence-corrected chi connectivity index (χ4v) is 8.63. The first-order valence-corrected chi connectivity index (χ1v) is 18.2. The van der Waals surface area contributed by atoms with Crippen LogP contribution in [0, 0.1) is 6.92 Å².